The zero-order chi connectivity index (χ0) is 10.1. The van der Waals surface area contributed by atoms with E-state index in [4.69, 9.17) is 0 Å². The van der Waals surface area contributed by atoms with Gasteiger partial charge in [-0.25, -0.2) is 9.78 Å². The zero-order valence-electron chi connectivity index (χ0n) is 8.00. The Morgan fingerprint density at radius 3 is 3.07 bits per heavy atom. The second-order valence-electron chi connectivity index (χ2n) is 3.02. The number of pyridine rings is 1. The van der Waals surface area contributed by atoms with Gasteiger partial charge in [0.15, 0.2) is 0 Å². The predicted octanol–water partition coefficient (Wildman–Crippen LogP) is -0.392. The van der Waals surface area contributed by atoms with Gasteiger partial charge in [-0.2, -0.15) is 0 Å². The van der Waals surface area contributed by atoms with Crippen molar-refractivity contribution in [2.75, 3.05) is 7.11 Å². The van der Waals surface area contributed by atoms with Crippen LogP contribution in [-0.4, -0.2) is 30.9 Å². The van der Waals surface area contributed by atoms with Gasteiger partial charge in [0.25, 0.3) is 0 Å². The molecule has 0 saturated heterocycles. The Balaban J connectivity index is 2.68. The number of ether oxygens (including phenoxy) is 1. The minimum absolute atomic E-state index is 0.361. The van der Waals surface area contributed by atoms with Crippen LogP contribution in [0.5, 0.6) is 0 Å². The molecule has 0 fully saturated rings. The lowest BCUT2D eigenvalue weighted by Crippen LogP contribution is -2.15. The van der Waals surface area contributed by atoms with Crippen molar-refractivity contribution >= 4 is 30.3 Å². The number of esters is 1. The van der Waals surface area contributed by atoms with Crippen LogP contribution in [0.1, 0.15) is 10.5 Å². The van der Waals surface area contributed by atoms with Gasteiger partial charge < -0.3 is 9.72 Å². The first-order chi connectivity index (χ1) is 6.74. The Bertz CT molecular complexity index is 493. The average molecular weight is 188 g/mol. The van der Waals surface area contributed by atoms with Crippen LogP contribution in [0.2, 0.25) is 0 Å². The summed E-state index contributed by atoms with van der Waals surface area (Å²) in [6.45, 7) is 0. The third kappa shape index (κ3) is 1.17. The second kappa shape index (κ2) is 3.18. The zero-order valence-corrected chi connectivity index (χ0v) is 8.00. The SMILES string of the molecule is Bc1c(C(=O)OC)[nH]c2ncccc12. The molecule has 2 aromatic rings. The molecule has 4 nitrogen and oxygen atoms in total. The highest BCUT2D eigenvalue weighted by atomic mass is 16.5. The van der Waals surface area contributed by atoms with Crippen LogP contribution in [-0.2, 0) is 4.74 Å². The van der Waals surface area contributed by atoms with Crippen LogP contribution in [0, 0.1) is 0 Å². The summed E-state index contributed by atoms with van der Waals surface area (Å²) in [5.74, 6) is -0.361. The normalized spacial score (nSPS) is 10.4. The van der Waals surface area contributed by atoms with E-state index in [2.05, 4.69) is 14.7 Å². The van der Waals surface area contributed by atoms with Gasteiger partial charge in [0.05, 0.1) is 7.11 Å². The molecule has 0 atom stereocenters. The molecule has 0 aliphatic rings. The largest absolute Gasteiger partial charge is 0.464 e. The third-order valence-corrected chi connectivity index (χ3v) is 2.22. The van der Waals surface area contributed by atoms with Crippen molar-refractivity contribution in [2.24, 2.45) is 0 Å². The van der Waals surface area contributed by atoms with Gasteiger partial charge in [0, 0.05) is 11.6 Å². The van der Waals surface area contributed by atoms with Crippen molar-refractivity contribution in [3.63, 3.8) is 0 Å². The van der Waals surface area contributed by atoms with Crippen LogP contribution >= 0.6 is 0 Å². The second-order valence-corrected chi connectivity index (χ2v) is 3.02. The van der Waals surface area contributed by atoms with Crippen LogP contribution in [0.3, 0.4) is 0 Å². The molecule has 14 heavy (non-hydrogen) atoms. The Hall–Kier alpha value is -1.78. The number of hydrogen-bond acceptors (Lipinski definition) is 3. The summed E-state index contributed by atoms with van der Waals surface area (Å²) in [6, 6.07) is 3.75. The molecule has 0 saturated carbocycles. The Morgan fingerprint density at radius 2 is 2.43 bits per heavy atom. The molecule has 2 rings (SSSR count). The highest BCUT2D eigenvalue weighted by Crippen LogP contribution is 2.09. The molecular formula is C9H9BN2O2. The van der Waals surface area contributed by atoms with Crippen molar-refractivity contribution in [3.8, 4) is 0 Å². The molecule has 0 amide bonds. The van der Waals surface area contributed by atoms with Crippen LogP contribution in [0.25, 0.3) is 11.0 Å². The number of fused-ring (bicyclic) bond motifs is 1. The summed E-state index contributed by atoms with van der Waals surface area (Å²) in [6.07, 6.45) is 1.68. The van der Waals surface area contributed by atoms with Crippen LogP contribution in [0.4, 0.5) is 0 Å². The van der Waals surface area contributed by atoms with Crippen LogP contribution in [0.15, 0.2) is 18.3 Å². The minimum atomic E-state index is -0.361. The van der Waals surface area contributed by atoms with Crippen LogP contribution < -0.4 is 5.46 Å². The quantitative estimate of drug-likeness (QED) is 0.489. The van der Waals surface area contributed by atoms with E-state index in [1.54, 1.807) is 6.20 Å². The first-order valence-electron chi connectivity index (χ1n) is 4.25. The molecule has 0 spiro atoms. The first kappa shape index (κ1) is 8.81. The maximum atomic E-state index is 11.3. The number of carbonyl (C=O) groups excluding carboxylic acids is 1. The van der Waals surface area contributed by atoms with E-state index in [0.29, 0.717) is 11.3 Å². The lowest BCUT2D eigenvalue weighted by Gasteiger charge is -1.95. The summed E-state index contributed by atoms with van der Waals surface area (Å²) in [5, 5.41) is 0.952. The smallest absolute Gasteiger partial charge is 0.353 e. The fraction of sp³-hybridized carbons (Fsp3) is 0.111. The summed E-state index contributed by atoms with van der Waals surface area (Å²) in [5.41, 5.74) is 2.06. The van der Waals surface area contributed by atoms with E-state index in [-0.39, 0.29) is 5.97 Å². The van der Waals surface area contributed by atoms with Crippen molar-refractivity contribution in [1.29, 1.82) is 0 Å². The van der Waals surface area contributed by atoms with Gasteiger partial charge in [-0.1, -0.05) is 6.07 Å². The van der Waals surface area contributed by atoms with E-state index < -0.39 is 0 Å². The van der Waals surface area contributed by atoms with E-state index >= 15 is 0 Å². The summed E-state index contributed by atoms with van der Waals surface area (Å²) < 4.78 is 4.65. The highest BCUT2D eigenvalue weighted by Gasteiger charge is 2.14. The predicted molar refractivity (Wildman–Crippen MR) is 55.6 cm³/mol. The lowest BCUT2D eigenvalue weighted by atomic mass is 9.93. The molecular weight excluding hydrogens is 179 g/mol. The number of H-pyrrole nitrogens is 1. The van der Waals surface area contributed by atoms with E-state index in [0.717, 1.165) is 10.8 Å². The number of hydrogen-bond donors (Lipinski definition) is 1. The highest BCUT2D eigenvalue weighted by molar-refractivity contribution is 6.42. The van der Waals surface area contributed by atoms with E-state index in [9.17, 15) is 4.79 Å². The molecule has 2 aromatic heterocycles. The van der Waals surface area contributed by atoms with Crippen molar-refractivity contribution in [2.45, 2.75) is 0 Å². The molecule has 0 bridgehead atoms. The third-order valence-electron chi connectivity index (χ3n) is 2.22. The molecule has 70 valence electrons. The first-order valence-corrected chi connectivity index (χ1v) is 4.25. The molecule has 0 aliphatic carbocycles. The number of aromatic nitrogens is 2. The van der Waals surface area contributed by atoms with Gasteiger partial charge in [0.2, 0.25) is 0 Å². The fourth-order valence-electron chi connectivity index (χ4n) is 1.46. The molecule has 0 aromatic carbocycles. The summed E-state index contributed by atoms with van der Waals surface area (Å²) in [4.78, 5) is 18.4. The van der Waals surface area contributed by atoms with Gasteiger partial charge in [-0.15, -0.1) is 0 Å². The molecule has 0 unspecified atom stereocenters. The topological polar surface area (TPSA) is 55.0 Å². The Labute approximate surface area is 81.7 Å². The maximum absolute atomic E-state index is 11.3. The number of rotatable bonds is 1. The van der Waals surface area contributed by atoms with Crippen molar-refractivity contribution in [3.05, 3.63) is 24.0 Å². The molecule has 1 N–H and O–H groups in total. The van der Waals surface area contributed by atoms with Gasteiger partial charge >= 0.3 is 5.97 Å². The van der Waals surface area contributed by atoms with Gasteiger partial charge in [0.1, 0.15) is 19.2 Å². The fourth-order valence-corrected chi connectivity index (χ4v) is 1.46. The van der Waals surface area contributed by atoms with Crippen molar-refractivity contribution < 1.29 is 9.53 Å². The lowest BCUT2D eigenvalue weighted by molar-refractivity contribution is 0.0596. The Morgan fingerprint density at radius 1 is 1.64 bits per heavy atom. The van der Waals surface area contributed by atoms with Gasteiger partial charge in [-0.3, -0.25) is 0 Å². The minimum Gasteiger partial charge on any atom is -0.464 e. The maximum Gasteiger partial charge on any atom is 0.353 e. The number of aromatic amines is 1. The number of carbonyl (C=O) groups is 1. The van der Waals surface area contributed by atoms with Crippen molar-refractivity contribution in [1.82, 2.24) is 9.97 Å². The molecule has 0 radical (unpaired) electrons. The Kier molecular flexibility index (Phi) is 2.00. The molecule has 0 aliphatic heterocycles. The number of methoxy groups -OCH3 is 1. The standard InChI is InChI=1S/C9H9BN2O2/c1-14-9(13)7-6(10)5-3-2-4-11-8(5)12-7/h2-4H,10H2,1H3,(H,11,12). The number of nitrogens with one attached hydrogen (secondary N) is 1. The van der Waals surface area contributed by atoms with Gasteiger partial charge in [-0.05, 0) is 11.5 Å². The van der Waals surface area contributed by atoms with E-state index in [1.807, 2.05) is 20.0 Å². The molecule has 5 heteroatoms. The van der Waals surface area contributed by atoms with E-state index in [1.165, 1.54) is 7.11 Å². The average Bonchev–Trinajstić information content (AvgIpc) is 2.56. The monoisotopic (exact) mass is 188 g/mol. The summed E-state index contributed by atoms with van der Waals surface area (Å²) >= 11 is 0. The number of nitrogens with zero attached hydrogens (tertiary/aromatic N) is 1. The molecule has 2 heterocycles. The summed E-state index contributed by atoms with van der Waals surface area (Å²) in [7, 11) is 3.23.